The zero-order valence-corrected chi connectivity index (χ0v) is 17.0. The molecule has 1 aliphatic rings. The van der Waals surface area contributed by atoms with Gasteiger partial charge in [-0.15, -0.1) is 10.2 Å². The van der Waals surface area contributed by atoms with Gasteiger partial charge in [-0.3, -0.25) is 9.59 Å². The third-order valence-corrected chi connectivity index (χ3v) is 6.19. The average Bonchev–Trinajstić information content (AvgIpc) is 3.30. The molecule has 1 aliphatic carbocycles. The van der Waals surface area contributed by atoms with Crippen molar-refractivity contribution < 1.29 is 9.59 Å². The van der Waals surface area contributed by atoms with Gasteiger partial charge in [0.2, 0.25) is 16.9 Å². The van der Waals surface area contributed by atoms with E-state index in [1.165, 1.54) is 30.0 Å². The number of carbonyl (C=O) groups excluding carboxylic acids is 2. The topological polar surface area (TPSA) is 120 Å². The van der Waals surface area contributed by atoms with Gasteiger partial charge in [0.1, 0.15) is 5.54 Å². The fourth-order valence-corrected chi connectivity index (χ4v) is 4.57. The number of thioether (sulfide) groups is 1. The van der Waals surface area contributed by atoms with E-state index in [0.29, 0.717) is 28.0 Å². The number of nitrogens with zero attached hydrogens (tertiary/aromatic N) is 3. The van der Waals surface area contributed by atoms with Crippen molar-refractivity contribution in [1.82, 2.24) is 15.5 Å². The molecule has 0 atom stereocenters. The molecule has 1 saturated carbocycles. The van der Waals surface area contributed by atoms with Crippen LogP contribution in [0.5, 0.6) is 0 Å². The second kappa shape index (κ2) is 9.03. The van der Waals surface area contributed by atoms with Crippen molar-refractivity contribution in [2.45, 2.75) is 42.5 Å². The molecule has 2 aromatic rings. The number of aromatic nitrogens is 2. The average molecular weight is 417 g/mol. The number of hydrogen-bond donors (Lipinski definition) is 3. The first kappa shape index (κ1) is 20.1. The van der Waals surface area contributed by atoms with Gasteiger partial charge in [0.25, 0.3) is 0 Å². The molecule has 0 unspecified atom stereocenters. The molecule has 0 aliphatic heterocycles. The van der Waals surface area contributed by atoms with Gasteiger partial charge in [-0.25, -0.2) is 0 Å². The highest BCUT2D eigenvalue weighted by molar-refractivity contribution is 8.01. The SMILES string of the molecule is CC(=O)Nc1cccc(Nc2nnc(SCC(=O)NC3(C#N)CCCC3)s2)c1. The summed E-state index contributed by atoms with van der Waals surface area (Å²) in [6.07, 6.45) is 3.36. The summed E-state index contributed by atoms with van der Waals surface area (Å²) in [5.41, 5.74) is 0.755. The number of nitriles is 1. The second-order valence-corrected chi connectivity index (χ2v) is 8.70. The Labute approximate surface area is 171 Å². The Balaban J connectivity index is 1.52. The monoisotopic (exact) mass is 416 g/mol. The molecule has 1 fully saturated rings. The molecule has 28 heavy (non-hydrogen) atoms. The van der Waals surface area contributed by atoms with E-state index in [1.807, 2.05) is 12.1 Å². The lowest BCUT2D eigenvalue weighted by Gasteiger charge is -2.21. The van der Waals surface area contributed by atoms with Crippen molar-refractivity contribution in [2.75, 3.05) is 16.4 Å². The second-order valence-electron chi connectivity index (χ2n) is 6.50. The van der Waals surface area contributed by atoms with Gasteiger partial charge < -0.3 is 16.0 Å². The number of rotatable bonds is 7. The maximum absolute atomic E-state index is 12.2. The predicted molar refractivity (Wildman–Crippen MR) is 110 cm³/mol. The van der Waals surface area contributed by atoms with Crippen LogP contribution in [0.25, 0.3) is 0 Å². The van der Waals surface area contributed by atoms with E-state index in [4.69, 9.17) is 0 Å². The van der Waals surface area contributed by atoms with Crippen molar-refractivity contribution in [3.05, 3.63) is 24.3 Å². The Morgan fingerprint density at radius 3 is 2.75 bits per heavy atom. The molecule has 1 aromatic carbocycles. The summed E-state index contributed by atoms with van der Waals surface area (Å²) >= 11 is 2.62. The maximum atomic E-state index is 12.2. The number of benzene rings is 1. The minimum atomic E-state index is -0.704. The van der Waals surface area contributed by atoms with Crippen LogP contribution < -0.4 is 16.0 Å². The summed E-state index contributed by atoms with van der Waals surface area (Å²) in [6, 6.07) is 9.52. The minimum Gasteiger partial charge on any atom is -0.337 e. The first-order chi connectivity index (χ1) is 13.5. The highest BCUT2D eigenvalue weighted by Gasteiger charge is 2.35. The molecule has 3 rings (SSSR count). The summed E-state index contributed by atoms with van der Waals surface area (Å²) in [5, 5.41) is 26.8. The molecule has 0 bridgehead atoms. The summed E-state index contributed by atoms with van der Waals surface area (Å²) in [4.78, 5) is 23.3. The normalized spacial score (nSPS) is 14.9. The molecule has 0 saturated heterocycles. The third-order valence-electron chi connectivity index (χ3n) is 4.22. The van der Waals surface area contributed by atoms with Gasteiger partial charge in [-0.2, -0.15) is 5.26 Å². The van der Waals surface area contributed by atoms with Crippen LogP contribution in [-0.4, -0.2) is 33.3 Å². The van der Waals surface area contributed by atoms with Crippen molar-refractivity contribution in [3.63, 3.8) is 0 Å². The highest BCUT2D eigenvalue weighted by Crippen LogP contribution is 2.30. The summed E-state index contributed by atoms with van der Waals surface area (Å²) in [6.45, 7) is 1.45. The number of nitrogens with one attached hydrogen (secondary N) is 3. The first-order valence-corrected chi connectivity index (χ1v) is 10.6. The molecule has 3 N–H and O–H groups in total. The highest BCUT2D eigenvalue weighted by atomic mass is 32.2. The lowest BCUT2D eigenvalue weighted by Crippen LogP contribution is -2.45. The standard InChI is InChI=1S/C18H20N6O2S2/c1-12(25)20-13-5-4-6-14(9-13)21-16-23-24-17(28-16)27-10-15(26)22-18(11-19)7-2-3-8-18/h4-6,9H,2-3,7-8,10H2,1H3,(H,20,25)(H,21,23)(H,22,26). The fraction of sp³-hybridized carbons (Fsp3) is 0.389. The van der Waals surface area contributed by atoms with Crippen LogP contribution in [0.4, 0.5) is 16.5 Å². The Morgan fingerprint density at radius 2 is 2.04 bits per heavy atom. The summed E-state index contributed by atoms with van der Waals surface area (Å²) < 4.78 is 0.660. The fourth-order valence-electron chi connectivity index (χ4n) is 2.99. The van der Waals surface area contributed by atoms with Crippen LogP contribution >= 0.6 is 23.1 Å². The molecule has 2 amide bonds. The number of carbonyl (C=O) groups is 2. The van der Waals surface area contributed by atoms with Crippen LogP contribution in [0.15, 0.2) is 28.6 Å². The molecule has 8 nitrogen and oxygen atoms in total. The van der Waals surface area contributed by atoms with E-state index >= 15 is 0 Å². The zero-order chi connectivity index (χ0) is 20.0. The van der Waals surface area contributed by atoms with Gasteiger partial charge >= 0.3 is 0 Å². The smallest absolute Gasteiger partial charge is 0.231 e. The lowest BCUT2D eigenvalue weighted by atomic mass is 10.0. The zero-order valence-electron chi connectivity index (χ0n) is 15.3. The number of anilines is 3. The van der Waals surface area contributed by atoms with Gasteiger partial charge in [-0.05, 0) is 43.9 Å². The van der Waals surface area contributed by atoms with E-state index in [2.05, 4.69) is 32.2 Å². The van der Waals surface area contributed by atoms with Crippen LogP contribution in [0.1, 0.15) is 32.6 Å². The predicted octanol–water partition coefficient (Wildman–Crippen LogP) is 3.28. The van der Waals surface area contributed by atoms with Crippen molar-refractivity contribution in [2.24, 2.45) is 0 Å². The molecule has 0 spiro atoms. The van der Waals surface area contributed by atoms with E-state index in [-0.39, 0.29) is 17.6 Å². The Hall–Kier alpha value is -2.64. The van der Waals surface area contributed by atoms with Gasteiger partial charge in [-0.1, -0.05) is 29.2 Å². The molecular formula is C18H20N6O2S2. The van der Waals surface area contributed by atoms with Crippen LogP contribution in [-0.2, 0) is 9.59 Å². The van der Waals surface area contributed by atoms with Crippen molar-refractivity contribution >= 4 is 51.4 Å². The molecule has 1 heterocycles. The molecule has 0 radical (unpaired) electrons. The van der Waals surface area contributed by atoms with Crippen molar-refractivity contribution in [1.29, 1.82) is 5.26 Å². The van der Waals surface area contributed by atoms with Crippen LogP contribution in [0.2, 0.25) is 0 Å². The maximum Gasteiger partial charge on any atom is 0.231 e. The van der Waals surface area contributed by atoms with Crippen LogP contribution in [0, 0.1) is 11.3 Å². The minimum absolute atomic E-state index is 0.138. The molecule has 146 valence electrons. The van der Waals surface area contributed by atoms with Gasteiger partial charge in [0, 0.05) is 18.3 Å². The van der Waals surface area contributed by atoms with E-state index in [9.17, 15) is 14.9 Å². The summed E-state index contributed by atoms with van der Waals surface area (Å²) in [5.74, 6) is -0.113. The van der Waals surface area contributed by atoms with Gasteiger partial charge in [0.05, 0.1) is 11.8 Å². The van der Waals surface area contributed by atoms with Crippen LogP contribution in [0.3, 0.4) is 0 Å². The van der Waals surface area contributed by atoms with E-state index in [0.717, 1.165) is 18.5 Å². The molecule has 10 heteroatoms. The Bertz CT molecular complexity index is 901. The Kier molecular flexibility index (Phi) is 6.49. The van der Waals surface area contributed by atoms with E-state index in [1.54, 1.807) is 12.1 Å². The number of amides is 2. The Morgan fingerprint density at radius 1 is 1.29 bits per heavy atom. The van der Waals surface area contributed by atoms with E-state index < -0.39 is 5.54 Å². The quantitative estimate of drug-likeness (QED) is 0.592. The van der Waals surface area contributed by atoms with Crippen molar-refractivity contribution in [3.8, 4) is 6.07 Å². The third kappa shape index (κ3) is 5.43. The first-order valence-electron chi connectivity index (χ1n) is 8.81. The lowest BCUT2D eigenvalue weighted by molar-refractivity contribution is -0.119. The number of hydrogen-bond acceptors (Lipinski definition) is 8. The molecular weight excluding hydrogens is 396 g/mol. The largest absolute Gasteiger partial charge is 0.337 e. The summed E-state index contributed by atoms with van der Waals surface area (Å²) in [7, 11) is 0. The van der Waals surface area contributed by atoms with Gasteiger partial charge in [0.15, 0.2) is 4.34 Å². The molecule has 1 aromatic heterocycles.